The first-order chi connectivity index (χ1) is 6.27. The summed E-state index contributed by atoms with van der Waals surface area (Å²) in [4.78, 5) is 22.5. The van der Waals surface area contributed by atoms with Gasteiger partial charge in [-0.05, 0) is 19.3 Å². The molecule has 1 aliphatic carbocycles. The quantitative estimate of drug-likeness (QED) is 0.621. The number of carbonyl (C=O) groups excluding carboxylic acids is 2. The molecule has 0 aromatic carbocycles. The highest BCUT2D eigenvalue weighted by Crippen LogP contribution is 2.26. The first-order valence-electron chi connectivity index (χ1n) is 4.85. The van der Waals surface area contributed by atoms with Crippen LogP contribution in [-0.2, 0) is 9.59 Å². The van der Waals surface area contributed by atoms with E-state index in [1.54, 1.807) is 0 Å². The summed E-state index contributed by atoms with van der Waals surface area (Å²) in [6.07, 6.45) is 3.85. The van der Waals surface area contributed by atoms with Crippen LogP contribution in [0.5, 0.6) is 0 Å². The summed E-state index contributed by atoms with van der Waals surface area (Å²) in [6.45, 7) is 0.689. The Morgan fingerprint density at radius 1 is 1.38 bits per heavy atom. The predicted octanol–water partition coefficient (Wildman–Crippen LogP) is -0.209. The maximum atomic E-state index is 11.4. The molecule has 2 N–H and O–H groups in total. The molecule has 0 spiro atoms. The molecular formula is C9H14N2O2. The second-order valence-electron chi connectivity index (χ2n) is 3.77. The van der Waals surface area contributed by atoms with Crippen molar-refractivity contribution in [2.75, 3.05) is 6.54 Å². The molecule has 0 radical (unpaired) electrons. The lowest BCUT2D eigenvalue weighted by atomic mass is 9.84. The molecule has 2 fully saturated rings. The van der Waals surface area contributed by atoms with E-state index < -0.39 is 0 Å². The van der Waals surface area contributed by atoms with Gasteiger partial charge in [-0.15, -0.1) is 0 Å². The zero-order valence-electron chi connectivity index (χ0n) is 7.51. The van der Waals surface area contributed by atoms with Crippen molar-refractivity contribution in [2.45, 2.75) is 31.7 Å². The Labute approximate surface area is 77.1 Å². The number of hydrogen-bond donors (Lipinski definition) is 2. The molecule has 2 aliphatic rings. The summed E-state index contributed by atoms with van der Waals surface area (Å²) >= 11 is 0. The van der Waals surface area contributed by atoms with E-state index in [-0.39, 0.29) is 23.8 Å². The average molecular weight is 182 g/mol. The average Bonchev–Trinajstić information content (AvgIpc) is 2.32. The van der Waals surface area contributed by atoms with Crippen LogP contribution >= 0.6 is 0 Å². The first-order valence-corrected chi connectivity index (χ1v) is 4.85. The summed E-state index contributed by atoms with van der Waals surface area (Å²) in [5.74, 6) is 0.203. The number of amides is 2. The fourth-order valence-corrected chi connectivity index (χ4v) is 1.69. The zero-order chi connectivity index (χ0) is 9.26. The highest BCUT2D eigenvalue weighted by molar-refractivity contribution is 5.89. The molecule has 0 bridgehead atoms. The Morgan fingerprint density at radius 2 is 2.15 bits per heavy atom. The summed E-state index contributed by atoms with van der Waals surface area (Å²) in [5, 5.41) is 5.48. The van der Waals surface area contributed by atoms with Gasteiger partial charge in [-0.25, -0.2) is 0 Å². The summed E-state index contributed by atoms with van der Waals surface area (Å²) in [7, 11) is 0. The highest BCUT2D eigenvalue weighted by Gasteiger charge is 2.30. The molecule has 1 heterocycles. The lowest BCUT2D eigenvalue weighted by molar-refractivity contribution is -0.131. The van der Waals surface area contributed by atoms with Crippen LogP contribution in [-0.4, -0.2) is 24.4 Å². The molecule has 0 aromatic heterocycles. The molecule has 4 nitrogen and oxygen atoms in total. The SMILES string of the molecule is O=C(N[C@H]1CCNC1=O)C1CCC1. The third-order valence-electron chi connectivity index (χ3n) is 2.84. The number of nitrogens with one attached hydrogen (secondary N) is 2. The van der Waals surface area contributed by atoms with E-state index >= 15 is 0 Å². The minimum Gasteiger partial charge on any atom is -0.354 e. The monoisotopic (exact) mass is 182 g/mol. The zero-order valence-corrected chi connectivity index (χ0v) is 7.51. The van der Waals surface area contributed by atoms with Gasteiger partial charge in [-0.3, -0.25) is 9.59 Å². The molecular weight excluding hydrogens is 168 g/mol. The van der Waals surface area contributed by atoms with Crippen molar-refractivity contribution in [3.8, 4) is 0 Å². The van der Waals surface area contributed by atoms with Gasteiger partial charge in [0, 0.05) is 12.5 Å². The van der Waals surface area contributed by atoms with Crippen molar-refractivity contribution in [3.63, 3.8) is 0 Å². The Balaban J connectivity index is 1.82. The van der Waals surface area contributed by atoms with E-state index in [9.17, 15) is 9.59 Å². The van der Waals surface area contributed by atoms with E-state index in [1.165, 1.54) is 0 Å². The summed E-state index contributed by atoms with van der Waals surface area (Å²) in [5.41, 5.74) is 0. The molecule has 72 valence electrons. The predicted molar refractivity (Wildman–Crippen MR) is 46.9 cm³/mol. The smallest absolute Gasteiger partial charge is 0.242 e. The van der Waals surface area contributed by atoms with Crippen LogP contribution in [0, 0.1) is 5.92 Å². The van der Waals surface area contributed by atoms with E-state index in [0.29, 0.717) is 6.54 Å². The minimum absolute atomic E-state index is 0.0346. The Hall–Kier alpha value is -1.06. The molecule has 1 saturated carbocycles. The molecule has 1 atom stereocenters. The van der Waals surface area contributed by atoms with E-state index in [2.05, 4.69) is 10.6 Å². The molecule has 0 unspecified atom stereocenters. The first kappa shape index (κ1) is 8.53. The van der Waals surface area contributed by atoms with Crippen molar-refractivity contribution in [1.29, 1.82) is 0 Å². The van der Waals surface area contributed by atoms with Crippen LogP contribution in [0.1, 0.15) is 25.7 Å². The topological polar surface area (TPSA) is 58.2 Å². The van der Waals surface area contributed by atoms with Gasteiger partial charge >= 0.3 is 0 Å². The summed E-state index contributed by atoms with van der Waals surface area (Å²) in [6, 6.07) is -0.270. The van der Waals surface area contributed by atoms with Crippen molar-refractivity contribution in [2.24, 2.45) is 5.92 Å². The van der Waals surface area contributed by atoms with Crippen LogP contribution in [0.15, 0.2) is 0 Å². The van der Waals surface area contributed by atoms with Crippen molar-refractivity contribution < 1.29 is 9.59 Å². The third-order valence-corrected chi connectivity index (χ3v) is 2.84. The Bertz CT molecular complexity index is 236. The Kier molecular flexibility index (Phi) is 2.20. The normalized spacial score (nSPS) is 28.0. The second kappa shape index (κ2) is 3.36. The lowest BCUT2D eigenvalue weighted by Gasteiger charge is -2.25. The van der Waals surface area contributed by atoms with E-state index in [4.69, 9.17) is 0 Å². The standard InChI is InChI=1S/C9H14N2O2/c12-8(6-2-1-3-6)11-7-4-5-10-9(7)13/h6-7H,1-5H2,(H,10,13)(H,11,12)/t7-/m0/s1. The van der Waals surface area contributed by atoms with E-state index in [1.807, 2.05) is 0 Å². The van der Waals surface area contributed by atoms with E-state index in [0.717, 1.165) is 25.7 Å². The maximum absolute atomic E-state index is 11.4. The lowest BCUT2D eigenvalue weighted by Crippen LogP contribution is -2.44. The highest BCUT2D eigenvalue weighted by atomic mass is 16.2. The van der Waals surface area contributed by atoms with Gasteiger partial charge in [0.15, 0.2) is 0 Å². The van der Waals surface area contributed by atoms with Crippen LogP contribution in [0.2, 0.25) is 0 Å². The molecule has 1 saturated heterocycles. The van der Waals surface area contributed by atoms with Gasteiger partial charge in [0.1, 0.15) is 6.04 Å². The van der Waals surface area contributed by atoms with Gasteiger partial charge in [0.2, 0.25) is 11.8 Å². The molecule has 2 rings (SSSR count). The third kappa shape index (κ3) is 1.66. The molecule has 2 amide bonds. The minimum atomic E-state index is -0.270. The number of carbonyl (C=O) groups is 2. The maximum Gasteiger partial charge on any atom is 0.242 e. The van der Waals surface area contributed by atoms with Crippen molar-refractivity contribution in [3.05, 3.63) is 0 Å². The van der Waals surface area contributed by atoms with Crippen molar-refractivity contribution >= 4 is 11.8 Å². The van der Waals surface area contributed by atoms with Gasteiger partial charge in [-0.2, -0.15) is 0 Å². The van der Waals surface area contributed by atoms with Crippen LogP contribution in [0.25, 0.3) is 0 Å². The fourth-order valence-electron chi connectivity index (χ4n) is 1.69. The molecule has 13 heavy (non-hydrogen) atoms. The van der Waals surface area contributed by atoms with Gasteiger partial charge in [0.05, 0.1) is 0 Å². The van der Waals surface area contributed by atoms with Crippen LogP contribution < -0.4 is 10.6 Å². The van der Waals surface area contributed by atoms with Gasteiger partial charge in [0.25, 0.3) is 0 Å². The van der Waals surface area contributed by atoms with Gasteiger partial charge < -0.3 is 10.6 Å². The van der Waals surface area contributed by atoms with Crippen LogP contribution in [0.3, 0.4) is 0 Å². The number of hydrogen-bond acceptors (Lipinski definition) is 2. The number of rotatable bonds is 2. The van der Waals surface area contributed by atoms with Crippen LogP contribution in [0.4, 0.5) is 0 Å². The molecule has 4 heteroatoms. The molecule has 0 aromatic rings. The van der Waals surface area contributed by atoms with Gasteiger partial charge in [-0.1, -0.05) is 6.42 Å². The second-order valence-corrected chi connectivity index (χ2v) is 3.77. The Morgan fingerprint density at radius 3 is 2.62 bits per heavy atom. The fraction of sp³-hybridized carbons (Fsp3) is 0.778. The molecule has 1 aliphatic heterocycles. The van der Waals surface area contributed by atoms with Crippen molar-refractivity contribution in [1.82, 2.24) is 10.6 Å². The largest absolute Gasteiger partial charge is 0.354 e. The summed E-state index contributed by atoms with van der Waals surface area (Å²) < 4.78 is 0.